The molecule has 2 aromatic rings. The summed E-state index contributed by atoms with van der Waals surface area (Å²) in [5.41, 5.74) is 0.741. The molecule has 0 radical (unpaired) electrons. The number of phenols is 1. The van der Waals surface area contributed by atoms with Gasteiger partial charge in [0, 0.05) is 10.8 Å². The molecule has 1 atom stereocenters. The first-order valence-corrected chi connectivity index (χ1v) is 8.16. The van der Waals surface area contributed by atoms with E-state index in [0.29, 0.717) is 17.0 Å². The maximum atomic E-state index is 9.67. The lowest BCUT2D eigenvalue weighted by Gasteiger charge is -2.04. The first kappa shape index (κ1) is 14.6. The number of nitrogens with zero attached hydrogens (tertiary/aromatic N) is 2. The lowest BCUT2D eigenvalue weighted by Crippen LogP contribution is -1.94. The number of thioether (sulfide) groups is 1. The van der Waals surface area contributed by atoms with Crippen LogP contribution in [0.5, 0.6) is 5.75 Å². The third-order valence-electron chi connectivity index (χ3n) is 2.73. The minimum atomic E-state index is 0.229. The van der Waals surface area contributed by atoms with E-state index in [9.17, 15) is 5.11 Å². The van der Waals surface area contributed by atoms with E-state index in [4.69, 9.17) is 4.52 Å². The summed E-state index contributed by atoms with van der Waals surface area (Å²) in [7, 11) is 0. The van der Waals surface area contributed by atoms with Crippen molar-refractivity contribution in [1.82, 2.24) is 10.1 Å². The van der Waals surface area contributed by atoms with Gasteiger partial charge < -0.3 is 9.63 Å². The predicted molar refractivity (Wildman–Crippen MR) is 85.2 cm³/mol. The minimum absolute atomic E-state index is 0.229. The lowest BCUT2D eigenvalue weighted by molar-refractivity contribution is 0.424. The Balaban J connectivity index is 2.09. The molecule has 1 aromatic carbocycles. The number of aromatic nitrogens is 2. The molecular weight excluding hydrogens is 375 g/mol. The Morgan fingerprint density at radius 3 is 2.95 bits per heavy atom. The predicted octanol–water partition coefficient (Wildman–Crippen LogP) is 4.08. The van der Waals surface area contributed by atoms with Crippen molar-refractivity contribution >= 4 is 34.4 Å². The van der Waals surface area contributed by atoms with Crippen molar-refractivity contribution in [2.45, 2.75) is 31.3 Å². The van der Waals surface area contributed by atoms with E-state index in [-0.39, 0.29) is 5.75 Å². The van der Waals surface area contributed by atoms with E-state index in [2.05, 4.69) is 46.6 Å². The van der Waals surface area contributed by atoms with Crippen LogP contribution in [0.1, 0.15) is 26.1 Å². The van der Waals surface area contributed by atoms with Crippen LogP contribution < -0.4 is 0 Å². The van der Waals surface area contributed by atoms with E-state index in [1.807, 2.05) is 23.9 Å². The third kappa shape index (κ3) is 3.85. The Morgan fingerprint density at radius 1 is 1.47 bits per heavy atom. The minimum Gasteiger partial charge on any atom is -0.507 e. The largest absolute Gasteiger partial charge is 0.507 e. The van der Waals surface area contributed by atoms with E-state index >= 15 is 0 Å². The van der Waals surface area contributed by atoms with Crippen LogP contribution in [-0.4, -0.2) is 20.5 Å². The van der Waals surface area contributed by atoms with E-state index in [1.165, 1.54) is 0 Å². The van der Waals surface area contributed by atoms with Gasteiger partial charge in [0.25, 0.3) is 5.89 Å². The molecule has 6 heteroatoms. The van der Waals surface area contributed by atoms with Gasteiger partial charge in [0.1, 0.15) is 5.75 Å². The second-order valence-corrected chi connectivity index (χ2v) is 6.80. The van der Waals surface area contributed by atoms with Crippen molar-refractivity contribution in [1.29, 1.82) is 0 Å². The zero-order chi connectivity index (χ0) is 13.8. The smallest absolute Gasteiger partial charge is 0.258 e. The molecular formula is C13H15IN2O2S. The van der Waals surface area contributed by atoms with Crippen molar-refractivity contribution in [3.05, 3.63) is 27.6 Å². The van der Waals surface area contributed by atoms with Crippen molar-refractivity contribution in [2.75, 3.05) is 0 Å². The second kappa shape index (κ2) is 6.60. The summed E-state index contributed by atoms with van der Waals surface area (Å²) in [4.78, 5) is 4.35. The summed E-state index contributed by atoms with van der Waals surface area (Å²) in [6.07, 6.45) is 1.13. The van der Waals surface area contributed by atoms with Crippen LogP contribution in [0.4, 0.5) is 0 Å². The summed E-state index contributed by atoms with van der Waals surface area (Å²) < 4.78 is 6.02. The number of hydrogen-bond donors (Lipinski definition) is 1. The maximum absolute atomic E-state index is 9.67. The molecule has 0 aliphatic rings. The highest BCUT2D eigenvalue weighted by molar-refractivity contribution is 14.1. The molecule has 1 unspecified atom stereocenters. The van der Waals surface area contributed by atoms with E-state index < -0.39 is 0 Å². The molecule has 102 valence electrons. The van der Waals surface area contributed by atoms with Crippen LogP contribution in [0.25, 0.3) is 11.5 Å². The van der Waals surface area contributed by atoms with Gasteiger partial charge in [0.15, 0.2) is 5.82 Å². The number of aromatic hydroxyl groups is 1. The highest BCUT2D eigenvalue weighted by Crippen LogP contribution is 2.27. The fourth-order valence-electron chi connectivity index (χ4n) is 1.41. The molecule has 2 rings (SSSR count). The first-order valence-electron chi connectivity index (χ1n) is 6.03. The third-order valence-corrected chi connectivity index (χ3v) is 4.97. The molecule has 0 saturated heterocycles. The van der Waals surface area contributed by atoms with Gasteiger partial charge in [-0.1, -0.05) is 19.0 Å². The van der Waals surface area contributed by atoms with Crippen LogP contribution in [0.2, 0.25) is 0 Å². The molecule has 0 aliphatic heterocycles. The first-order chi connectivity index (χ1) is 9.10. The van der Waals surface area contributed by atoms with Crippen LogP contribution >= 0.6 is 34.4 Å². The summed E-state index contributed by atoms with van der Waals surface area (Å²) in [5, 5.41) is 14.2. The molecule has 1 aromatic heterocycles. The number of hydrogen-bond acceptors (Lipinski definition) is 5. The molecule has 0 fully saturated rings. The standard InChI is InChI=1S/C13H15IN2O2S/c1-3-8(2)19-7-12-15-13(18-16-12)9-4-5-10(14)11(17)6-9/h4-6,8,17H,3,7H2,1-2H3. The van der Waals surface area contributed by atoms with Gasteiger partial charge in [0.05, 0.1) is 9.32 Å². The molecule has 1 heterocycles. The van der Waals surface area contributed by atoms with Crippen molar-refractivity contribution < 1.29 is 9.63 Å². The number of benzene rings is 1. The van der Waals surface area contributed by atoms with Gasteiger partial charge in [-0.25, -0.2) is 0 Å². The Hall–Kier alpha value is -0.760. The molecule has 0 bridgehead atoms. The van der Waals surface area contributed by atoms with Crippen LogP contribution in [-0.2, 0) is 5.75 Å². The van der Waals surface area contributed by atoms with E-state index in [1.54, 1.807) is 6.07 Å². The Kier molecular flexibility index (Phi) is 5.09. The number of phenolic OH excluding ortho intramolecular Hbond substituents is 1. The number of rotatable bonds is 5. The fourth-order valence-corrected chi connectivity index (χ4v) is 2.53. The van der Waals surface area contributed by atoms with Gasteiger partial charge in [-0.2, -0.15) is 16.7 Å². The topological polar surface area (TPSA) is 59.2 Å². The van der Waals surface area contributed by atoms with E-state index in [0.717, 1.165) is 21.3 Å². The average molecular weight is 390 g/mol. The highest BCUT2D eigenvalue weighted by Gasteiger charge is 2.11. The molecule has 4 nitrogen and oxygen atoms in total. The van der Waals surface area contributed by atoms with Crippen molar-refractivity contribution in [3.63, 3.8) is 0 Å². The van der Waals surface area contributed by atoms with Gasteiger partial charge in [0.2, 0.25) is 0 Å². The van der Waals surface area contributed by atoms with Gasteiger partial charge in [-0.3, -0.25) is 0 Å². The van der Waals surface area contributed by atoms with Crippen LogP contribution in [0.3, 0.4) is 0 Å². The fraction of sp³-hybridized carbons (Fsp3) is 0.385. The number of halogens is 1. The Morgan fingerprint density at radius 2 is 2.26 bits per heavy atom. The summed E-state index contributed by atoms with van der Waals surface area (Å²) in [6, 6.07) is 5.32. The summed E-state index contributed by atoms with van der Waals surface area (Å²) in [6.45, 7) is 4.34. The molecule has 0 spiro atoms. The van der Waals surface area contributed by atoms with Gasteiger partial charge >= 0.3 is 0 Å². The normalized spacial score (nSPS) is 12.6. The summed E-state index contributed by atoms with van der Waals surface area (Å²) in [5.74, 6) is 2.12. The molecule has 1 N–H and O–H groups in total. The van der Waals surface area contributed by atoms with Crippen molar-refractivity contribution in [3.8, 4) is 17.2 Å². The molecule has 19 heavy (non-hydrogen) atoms. The van der Waals surface area contributed by atoms with Gasteiger partial charge in [-0.15, -0.1) is 0 Å². The Labute approximate surface area is 130 Å². The maximum Gasteiger partial charge on any atom is 0.258 e. The lowest BCUT2D eigenvalue weighted by atomic mass is 10.2. The second-order valence-electron chi connectivity index (χ2n) is 4.21. The quantitative estimate of drug-likeness (QED) is 0.780. The average Bonchev–Trinajstić information content (AvgIpc) is 2.88. The molecule has 0 saturated carbocycles. The van der Waals surface area contributed by atoms with Crippen LogP contribution in [0, 0.1) is 3.57 Å². The van der Waals surface area contributed by atoms with Crippen LogP contribution in [0.15, 0.2) is 22.7 Å². The molecule has 0 amide bonds. The Bertz CT molecular complexity index is 559. The highest BCUT2D eigenvalue weighted by atomic mass is 127. The molecule has 0 aliphatic carbocycles. The van der Waals surface area contributed by atoms with Crippen molar-refractivity contribution in [2.24, 2.45) is 0 Å². The monoisotopic (exact) mass is 390 g/mol. The van der Waals surface area contributed by atoms with Gasteiger partial charge in [-0.05, 0) is 47.2 Å². The summed E-state index contributed by atoms with van der Waals surface area (Å²) >= 11 is 3.88. The SMILES string of the molecule is CCC(C)SCc1noc(-c2ccc(I)c(O)c2)n1. The zero-order valence-corrected chi connectivity index (χ0v) is 13.7. The zero-order valence-electron chi connectivity index (χ0n) is 10.8.